The Bertz CT molecular complexity index is 380. The fourth-order valence-electron chi connectivity index (χ4n) is 2.27. The van der Waals surface area contributed by atoms with Gasteiger partial charge in [0.2, 0.25) is 0 Å². The molecule has 0 unspecified atom stereocenters. The monoisotopic (exact) mass is 264 g/mol. The Morgan fingerprint density at radius 3 is 2.21 bits per heavy atom. The molecular formula is C15H24N2O2. The van der Waals surface area contributed by atoms with Crippen LogP contribution in [0.2, 0.25) is 0 Å². The molecule has 1 aromatic rings. The van der Waals surface area contributed by atoms with E-state index in [2.05, 4.69) is 24.1 Å². The Labute approximate surface area is 115 Å². The maximum absolute atomic E-state index is 5.86. The summed E-state index contributed by atoms with van der Waals surface area (Å²) in [7, 11) is 0. The molecule has 1 aliphatic heterocycles. The average Bonchev–Trinajstić information content (AvgIpc) is 2.75. The summed E-state index contributed by atoms with van der Waals surface area (Å²) < 4.78 is 11.7. The smallest absolute Gasteiger partial charge is 0.261 e. The number of rotatable bonds is 7. The summed E-state index contributed by atoms with van der Waals surface area (Å²) in [6.07, 6.45) is 0. The molecule has 0 saturated carbocycles. The molecule has 0 radical (unpaired) electrons. The first-order valence-corrected chi connectivity index (χ1v) is 7.07. The third-order valence-corrected chi connectivity index (χ3v) is 3.45. The van der Waals surface area contributed by atoms with Gasteiger partial charge in [-0.15, -0.1) is 0 Å². The summed E-state index contributed by atoms with van der Waals surface area (Å²) in [5.74, 6) is 1.07. The number of benzene rings is 1. The van der Waals surface area contributed by atoms with Gasteiger partial charge in [0.05, 0.1) is 6.54 Å². The molecule has 106 valence electrons. The van der Waals surface area contributed by atoms with E-state index < -0.39 is 5.79 Å². The number of hydrogen-bond donors (Lipinski definition) is 1. The van der Waals surface area contributed by atoms with E-state index in [0.717, 1.165) is 37.7 Å². The van der Waals surface area contributed by atoms with Crippen molar-refractivity contribution in [2.75, 3.05) is 32.7 Å². The standard InChI is InChI=1S/C15H24N2O2/c1-4-17(5-2)11-10-16-12-15(3)18-13-8-6-7-9-14(13)19-15/h6-9,16H,4-5,10-12H2,1-3H3. The van der Waals surface area contributed by atoms with Gasteiger partial charge in [-0.1, -0.05) is 26.0 Å². The Morgan fingerprint density at radius 2 is 1.68 bits per heavy atom. The molecule has 0 spiro atoms. The van der Waals surface area contributed by atoms with Gasteiger partial charge in [0.25, 0.3) is 5.79 Å². The third-order valence-electron chi connectivity index (χ3n) is 3.45. The Kier molecular flexibility index (Phi) is 4.66. The number of hydrogen-bond acceptors (Lipinski definition) is 4. The molecule has 1 aromatic carbocycles. The normalized spacial score (nSPS) is 16.0. The highest BCUT2D eigenvalue weighted by molar-refractivity contribution is 5.42. The van der Waals surface area contributed by atoms with Gasteiger partial charge >= 0.3 is 0 Å². The number of nitrogens with one attached hydrogen (secondary N) is 1. The molecule has 4 nitrogen and oxygen atoms in total. The highest BCUT2D eigenvalue weighted by atomic mass is 16.7. The molecule has 0 saturated heterocycles. The van der Waals surface area contributed by atoms with Crippen molar-refractivity contribution in [1.29, 1.82) is 0 Å². The van der Waals surface area contributed by atoms with Crippen LogP contribution in [-0.4, -0.2) is 43.4 Å². The molecule has 1 aliphatic rings. The quantitative estimate of drug-likeness (QED) is 0.765. The van der Waals surface area contributed by atoms with Gasteiger partial charge in [-0.05, 0) is 25.2 Å². The zero-order valence-corrected chi connectivity index (χ0v) is 12.1. The van der Waals surface area contributed by atoms with Crippen LogP contribution in [0, 0.1) is 0 Å². The lowest BCUT2D eigenvalue weighted by Crippen LogP contribution is -2.46. The molecule has 0 fully saturated rings. The topological polar surface area (TPSA) is 33.7 Å². The molecule has 1 N–H and O–H groups in total. The molecule has 1 heterocycles. The van der Waals surface area contributed by atoms with Crippen molar-refractivity contribution in [1.82, 2.24) is 10.2 Å². The summed E-state index contributed by atoms with van der Waals surface area (Å²) in [4.78, 5) is 2.39. The highest BCUT2D eigenvalue weighted by Gasteiger charge is 2.35. The van der Waals surface area contributed by atoms with Gasteiger partial charge in [-0.2, -0.15) is 0 Å². The second-order valence-corrected chi connectivity index (χ2v) is 4.99. The first-order chi connectivity index (χ1) is 9.17. The molecule has 0 aromatic heterocycles. The highest BCUT2D eigenvalue weighted by Crippen LogP contribution is 2.38. The van der Waals surface area contributed by atoms with Crippen LogP contribution in [0.3, 0.4) is 0 Å². The van der Waals surface area contributed by atoms with Crippen molar-refractivity contribution in [3.05, 3.63) is 24.3 Å². The van der Waals surface area contributed by atoms with Crippen LogP contribution in [0.5, 0.6) is 11.5 Å². The summed E-state index contributed by atoms with van der Waals surface area (Å²) in [5, 5.41) is 3.41. The van der Waals surface area contributed by atoms with E-state index in [1.807, 2.05) is 31.2 Å². The Balaban J connectivity index is 1.75. The predicted molar refractivity (Wildman–Crippen MR) is 76.8 cm³/mol. The summed E-state index contributed by atoms with van der Waals surface area (Å²) in [5.41, 5.74) is 0. The fraction of sp³-hybridized carbons (Fsp3) is 0.600. The molecular weight excluding hydrogens is 240 g/mol. The van der Waals surface area contributed by atoms with Crippen LogP contribution in [0.4, 0.5) is 0 Å². The molecule has 0 atom stereocenters. The lowest BCUT2D eigenvalue weighted by atomic mass is 10.3. The van der Waals surface area contributed by atoms with E-state index >= 15 is 0 Å². The predicted octanol–water partition coefficient (Wildman–Crippen LogP) is 2.11. The minimum absolute atomic E-state index is 0.590. The largest absolute Gasteiger partial charge is 0.447 e. The average molecular weight is 264 g/mol. The van der Waals surface area contributed by atoms with Crippen molar-refractivity contribution in [2.45, 2.75) is 26.6 Å². The van der Waals surface area contributed by atoms with E-state index in [0.29, 0.717) is 6.54 Å². The van der Waals surface area contributed by atoms with Crippen LogP contribution >= 0.6 is 0 Å². The van der Waals surface area contributed by atoms with Gasteiger partial charge in [-0.3, -0.25) is 0 Å². The zero-order chi connectivity index (χ0) is 13.7. The molecule has 2 rings (SSSR count). The molecule has 19 heavy (non-hydrogen) atoms. The molecule has 0 bridgehead atoms. The molecule has 0 aliphatic carbocycles. The SMILES string of the molecule is CCN(CC)CCNCC1(C)Oc2ccccc2O1. The number of ether oxygens (including phenoxy) is 2. The van der Waals surface area contributed by atoms with E-state index in [9.17, 15) is 0 Å². The van der Waals surface area contributed by atoms with Crippen LogP contribution in [0.1, 0.15) is 20.8 Å². The van der Waals surface area contributed by atoms with Gasteiger partial charge in [0.15, 0.2) is 11.5 Å². The number of likely N-dealkylation sites (N-methyl/N-ethyl adjacent to an activating group) is 1. The lowest BCUT2D eigenvalue weighted by Gasteiger charge is -2.24. The maximum Gasteiger partial charge on any atom is 0.261 e. The maximum atomic E-state index is 5.86. The van der Waals surface area contributed by atoms with Crippen LogP contribution in [0.25, 0.3) is 0 Å². The second kappa shape index (κ2) is 6.26. The number of para-hydroxylation sites is 2. The van der Waals surface area contributed by atoms with Crippen LogP contribution in [0.15, 0.2) is 24.3 Å². The first-order valence-electron chi connectivity index (χ1n) is 7.07. The number of fused-ring (bicyclic) bond motifs is 1. The van der Waals surface area contributed by atoms with Crippen molar-refractivity contribution >= 4 is 0 Å². The Hall–Kier alpha value is -1.26. The Morgan fingerprint density at radius 1 is 1.11 bits per heavy atom. The van der Waals surface area contributed by atoms with Crippen LogP contribution < -0.4 is 14.8 Å². The fourth-order valence-corrected chi connectivity index (χ4v) is 2.27. The van der Waals surface area contributed by atoms with Crippen molar-refractivity contribution < 1.29 is 9.47 Å². The van der Waals surface area contributed by atoms with E-state index in [1.54, 1.807) is 0 Å². The molecule has 0 amide bonds. The van der Waals surface area contributed by atoms with E-state index in [4.69, 9.17) is 9.47 Å². The third kappa shape index (κ3) is 3.61. The lowest BCUT2D eigenvalue weighted by molar-refractivity contribution is -0.0590. The first kappa shape index (κ1) is 14.2. The molecule has 4 heteroatoms. The van der Waals surface area contributed by atoms with Gasteiger partial charge in [0, 0.05) is 20.0 Å². The van der Waals surface area contributed by atoms with E-state index in [1.165, 1.54) is 0 Å². The zero-order valence-electron chi connectivity index (χ0n) is 12.1. The van der Waals surface area contributed by atoms with E-state index in [-0.39, 0.29) is 0 Å². The second-order valence-electron chi connectivity index (χ2n) is 4.99. The number of nitrogens with zero attached hydrogens (tertiary/aromatic N) is 1. The van der Waals surface area contributed by atoms with Crippen LogP contribution in [-0.2, 0) is 0 Å². The summed E-state index contributed by atoms with van der Waals surface area (Å²) in [6.45, 7) is 11.2. The van der Waals surface area contributed by atoms with Gasteiger partial charge < -0.3 is 19.7 Å². The van der Waals surface area contributed by atoms with Crippen molar-refractivity contribution in [3.63, 3.8) is 0 Å². The van der Waals surface area contributed by atoms with Gasteiger partial charge in [-0.25, -0.2) is 0 Å². The van der Waals surface area contributed by atoms with Crippen molar-refractivity contribution in [3.8, 4) is 11.5 Å². The summed E-state index contributed by atoms with van der Waals surface area (Å²) in [6, 6.07) is 7.80. The van der Waals surface area contributed by atoms with Gasteiger partial charge in [0.1, 0.15) is 0 Å². The van der Waals surface area contributed by atoms with Crippen molar-refractivity contribution in [2.24, 2.45) is 0 Å². The summed E-state index contributed by atoms with van der Waals surface area (Å²) >= 11 is 0. The minimum atomic E-state index is -0.590. The minimum Gasteiger partial charge on any atom is -0.447 e.